The Hall–Kier alpha value is -7.23. The number of allylic oxidation sites excluding steroid dienone is 4. The van der Waals surface area contributed by atoms with Gasteiger partial charge in [-0.2, -0.15) is 18.4 Å². The van der Waals surface area contributed by atoms with E-state index in [1.54, 1.807) is 18.6 Å². The van der Waals surface area contributed by atoms with Gasteiger partial charge < -0.3 is 8.83 Å². The first-order valence-corrected chi connectivity index (χ1v) is 36.8. The SMILES string of the molecule is CC(C)(C)C1CC2C=CC1C2.CC(C)(C)C1CC2C=CC1C2.CC(C)(C)c1ccc(C#N)cc1.CC(C)(C)c1ccc(C(F)(F)F)cc1.CC(C)(C)c1ccc(F)cc1.CC(C)(C)c1ccccc1F.CC(C)(C)c1ccoc1.CCc1ccc(C(C)(C)C)o1.[C-]#[N+]c1ccccc1C(C)(C)C. The number of benzene rings is 5. The summed E-state index contributed by atoms with van der Waals surface area (Å²) in [5.41, 5.74) is 9.00. The lowest BCUT2D eigenvalue weighted by molar-refractivity contribution is -0.137. The summed E-state index contributed by atoms with van der Waals surface area (Å²) in [6, 6.07) is 42.6. The van der Waals surface area contributed by atoms with Crippen LogP contribution in [0.5, 0.6) is 0 Å². The lowest BCUT2D eigenvalue weighted by atomic mass is 9.73. The molecule has 4 nitrogen and oxygen atoms in total. The topological polar surface area (TPSA) is 54.4 Å². The van der Waals surface area contributed by atoms with Crippen molar-refractivity contribution < 1.29 is 30.8 Å². The van der Waals surface area contributed by atoms with Crippen LogP contribution in [0.4, 0.5) is 27.6 Å². The second kappa shape index (κ2) is 37.0. The van der Waals surface area contributed by atoms with Gasteiger partial charge in [0.15, 0.2) is 5.69 Å². The van der Waals surface area contributed by atoms with Crippen molar-refractivity contribution in [3.05, 3.63) is 255 Å². The van der Waals surface area contributed by atoms with E-state index in [1.807, 2.05) is 120 Å². The first-order chi connectivity index (χ1) is 46.6. The van der Waals surface area contributed by atoms with Gasteiger partial charge in [-0.1, -0.05) is 297 Å². The Morgan fingerprint density at radius 2 is 0.824 bits per heavy atom. The van der Waals surface area contributed by atoms with Gasteiger partial charge in [-0.3, -0.25) is 0 Å². The maximum absolute atomic E-state index is 13.1. The number of hydrogen-bond acceptors (Lipinski definition) is 3. The zero-order chi connectivity index (χ0) is 77.8. The molecule has 102 heavy (non-hydrogen) atoms. The Kier molecular flexibility index (Phi) is 32.2. The molecule has 0 spiro atoms. The number of halogens is 5. The molecule has 6 unspecified atom stereocenters. The predicted octanol–water partition coefficient (Wildman–Crippen LogP) is 28.8. The van der Waals surface area contributed by atoms with Gasteiger partial charge in [0.1, 0.15) is 23.2 Å². The molecule has 5 aromatic carbocycles. The molecule has 4 bridgehead atoms. The molecule has 6 atom stereocenters. The highest BCUT2D eigenvalue weighted by atomic mass is 19.4. The van der Waals surface area contributed by atoms with Gasteiger partial charge in [-0.05, 0) is 199 Å². The maximum atomic E-state index is 13.1. The number of fused-ring (bicyclic) bond motifs is 4. The molecule has 0 amide bonds. The van der Waals surface area contributed by atoms with Crippen LogP contribution in [-0.4, -0.2) is 0 Å². The third-order valence-electron chi connectivity index (χ3n) is 19.1. The average molecular weight is 1400 g/mol. The smallest absolute Gasteiger partial charge is 0.416 e. The van der Waals surface area contributed by atoms with Gasteiger partial charge in [0, 0.05) is 11.8 Å². The normalized spacial score (nSPS) is 18.2. The van der Waals surface area contributed by atoms with Crippen molar-refractivity contribution in [3.63, 3.8) is 0 Å². The molecular weight excluding hydrogens is 1270 g/mol. The molecule has 4 aliphatic rings. The number of rotatable bonds is 1. The van der Waals surface area contributed by atoms with Crippen molar-refractivity contribution >= 4 is 5.69 Å². The van der Waals surface area contributed by atoms with Crippen molar-refractivity contribution in [2.45, 2.75) is 270 Å². The molecule has 4 aliphatic carbocycles. The van der Waals surface area contributed by atoms with Crippen LogP contribution in [0.3, 0.4) is 0 Å². The zero-order valence-electron chi connectivity index (χ0n) is 67.8. The molecule has 0 saturated heterocycles. The first-order valence-electron chi connectivity index (χ1n) is 36.8. The third kappa shape index (κ3) is 30.2. The molecule has 0 radical (unpaired) electrons. The molecule has 7 aromatic rings. The van der Waals surface area contributed by atoms with Gasteiger partial charge in [-0.15, -0.1) is 0 Å². The van der Waals surface area contributed by atoms with Crippen LogP contribution in [0.25, 0.3) is 4.85 Å². The second-order valence-corrected chi connectivity index (χ2v) is 37.3. The third-order valence-corrected chi connectivity index (χ3v) is 19.1. The van der Waals surface area contributed by atoms with Crippen molar-refractivity contribution in [1.29, 1.82) is 5.26 Å². The minimum Gasteiger partial charge on any atom is -0.472 e. The molecule has 2 fully saturated rings. The molecular formula is C93H129F5N2O2. The fourth-order valence-electron chi connectivity index (χ4n) is 12.6. The zero-order valence-corrected chi connectivity index (χ0v) is 67.8. The summed E-state index contributed by atoms with van der Waals surface area (Å²) in [7, 11) is 0. The second-order valence-electron chi connectivity index (χ2n) is 37.3. The fourth-order valence-corrected chi connectivity index (χ4v) is 12.6. The highest BCUT2D eigenvalue weighted by Gasteiger charge is 2.42. The maximum Gasteiger partial charge on any atom is 0.416 e. The van der Waals surface area contributed by atoms with E-state index in [9.17, 15) is 22.0 Å². The number of nitrogens with zero attached hydrogens (tertiary/aromatic N) is 2. The summed E-state index contributed by atoms with van der Waals surface area (Å²) >= 11 is 0. The minimum atomic E-state index is -4.24. The van der Waals surface area contributed by atoms with Crippen LogP contribution in [0.2, 0.25) is 0 Å². The van der Waals surface area contributed by atoms with Crippen molar-refractivity contribution in [2.75, 3.05) is 0 Å². The number of furan rings is 2. The summed E-state index contributed by atoms with van der Waals surface area (Å²) in [6.07, 6.45) is 15.8. The molecule has 2 heterocycles. The average Bonchev–Trinajstić information content (AvgIpc) is 1.65. The Bertz CT molecular complexity index is 3650. The van der Waals surface area contributed by atoms with Gasteiger partial charge in [-0.25, -0.2) is 13.6 Å². The molecule has 558 valence electrons. The summed E-state index contributed by atoms with van der Waals surface area (Å²) in [4.78, 5) is 3.49. The molecule has 11 rings (SSSR count). The molecule has 2 saturated carbocycles. The van der Waals surface area contributed by atoms with Crippen LogP contribution in [0.15, 0.2) is 185 Å². The van der Waals surface area contributed by atoms with Gasteiger partial charge in [0.2, 0.25) is 0 Å². The highest BCUT2D eigenvalue weighted by molar-refractivity contribution is 5.55. The number of alkyl halides is 3. The largest absolute Gasteiger partial charge is 0.472 e. The molecule has 0 aliphatic heterocycles. The van der Waals surface area contributed by atoms with E-state index < -0.39 is 11.7 Å². The minimum absolute atomic E-state index is 0.0706. The van der Waals surface area contributed by atoms with Crippen LogP contribution >= 0.6 is 0 Å². The Balaban J connectivity index is 0.000000299. The Morgan fingerprint density at radius 3 is 1.08 bits per heavy atom. The first kappa shape index (κ1) is 89.0. The van der Waals surface area contributed by atoms with Gasteiger partial charge in [0.25, 0.3) is 0 Å². The fraction of sp³-hybridized carbons (Fsp3) is 0.527. The lowest BCUT2D eigenvalue weighted by Crippen LogP contribution is -2.23. The van der Waals surface area contributed by atoms with Crippen LogP contribution in [-0.2, 0) is 50.5 Å². The summed E-state index contributed by atoms with van der Waals surface area (Å²) in [5, 5.41) is 8.58. The standard InChI is InChI=1S/C11H13F3.2C11H13N.2C11H18.2C10H13F.C10H16O.C8H12O/c1-10(2,3)8-4-6-9(7-5-8)11(12,13)14;1-11(2,3)9-7-5-6-8-10(9)12-4;1-11(2,3)10-6-4-9(8-12)5-7-10;2*1-11(2,3)10-7-8-4-5-9(10)6-8;1-10(2,3)8-4-6-9(11)7-5-8;1-10(2,3)8-6-4-5-7-9(8)11;1-5-8-6-7-9(11-8)10(2,3)4;1-8(2,3)7-4-5-9-6-7/h4-7H,1-3H3;5-8H,1-3H3;4-7H,1-3H3;2*4-5,8-10H,6-7H2,1-3H3;2*4-7H,1-3H3;6-7H,5H2,1-4H3;4-6H,1-3H3. The number of para-hydroxylation sites is 1. The van der Waals surface area contributed by atoms with Crippen LogP contribution < -0.4 is 0 Å². The van der Waals surface area contributed by atoms with E-state index in [-0.39, 0.29) is 49.5 Å². The molecule has 0 N–H and O–H groups in total. The summed E-state index contributed by atoms with van der Waals surface area (Å²) in [5.74, 6) is 7.49. The highest BCUT2D eigenvalue weighted by Crippen LogP contribution is 2.52. The van der Waals surface area contributed by atoms with Crippen molar-refractivity contribution in [1.82, 2.24) is 0 Å². The van der Waals surface area contributed by atoms with Crippen molar-refractivity contribution in [2.24, 2.45) is 46.3 Å². The van der Waals surface area contributed by atoms with E-state index in [1.165, 1.54) is 72.7 Å². The summed E-state index contributed by atoms with van der Waals surface area (Å²) in [6.45, 7) is 67.4. The van der Waals surface area contributed by atoms with E-state index in [0.717, 1.165) is 93.5 Å². The van der Waals surface area contributed by atoms with Gasteiger partial charge >= 0.3 is 6.18 Å². The van der Waals surface area contributed by atoms with Gasteiger partial charge in [0.05, 0.1) is 36.3 Å². The van der Waals surface area contributed by atoms with E-state index in [2.05, 4.69) is 200 Å². The van der Waals surface area contributed by atoms with Crippen molar-refractivity contribution in [3.8, 4) is 6.07 Å². The Labute approximate surface area is 616 Å². The quantitative estimate of drug-likeness (QED) is 0.0935. The summed E-state index contributed by atoms with van der Waals surface area (Å²) < 4.78 is 72.7. The van der Waals surface area contributed by atoms with E-state index in [4.69, 9.17) is 20.7 Å². The van der Waals surface area contributed by atoms with Crippen LogP contribution in [0, 0.1) is 75.9 Å². The predicted molar refractivity (Wildman–Crippen MR) is 422 cm³/mol. The molecule has 9 heteroatoms. The Morgan fingerprint density at radius 1 is 0.431 bits per heavy atom. The molecule has 2 aromatic heterocycles. The van der Waals surface area contributed by atoms with E-state index in [0.29, 0.717) is 10.8 Å². The number of nitriles is 1. The number of aryl methyl sites for hydroxylation is 1. The van der Waals surface area contributed by atoms with E-state index >= 15 is 0 Å². The lowest BCUT2D eigenvalue weighted by Gasteiger charge is -2.32. The van der Waals surface area contributed by atoms with Crippen LogP contribution in [0.1, 0.15) is 276 Å². The monoisotopic (exact) mass is 1400 g/mol. The number of hydrogen-bond donors (Lipinski definition) is 0.